The Kier molecular flexibility index (Phi) is 8.99. The number of carbonyl (C=O) groups excluding carboxylic acids is 4. The van der Waals surface area contributed by atoms with Gasteiger partial charge in [-0.2, -0.15) is 0 Å². The van der Waals surface area contributed by atoms with E-state index in [0.29, 0.717) is 34.4 Å². The van der Waals surface area contributed by atoms with Gasteiger partial charge in [-0.05, 0) is 86.6 Å². The third kappa shape index (κ3) is 7.59. The van der Waals surface area contributed by atoms with Crippen molar-refractivity contribution >= 4 is 35.1 Å². The first-order chi connectivity index (χ1) is 17.4. The number of esters is 2. The highest BCUT2D eigenvalue weighted by Gasteiger charge is 2.15. The minimum Gasteiger partial charge on any atom is -0.459 e. The molecule has 0 saturated carbocycles. The molecule has 36 heavy (non-hydrogen) atoms. The predicted molar refractivity (Wildman–Crippen MR) is 130 cm³/mol. The van der Waals surface area contributed by atoms with Crippen LogP contribution in [0.1, 0.15) is 13.8 Å². The molecule has 3 aromatic rings. The summed E-state index contributed by atoms with van der Waals surface area (Å²) in [6, 6.07) is 19.9. The summed E-state index contributed by atoms with van der Waals surface area (Å²) >= 11 is 0. The van der Waals surface area contributed by atoms with Crippen molar-refractivity contribution < 1.29 is 38.1 Å². The molecule has 0 aliphatic carbocycles. The highest BCUT2D eigenvalue weighted by atomic mass is 16.5. The first-order valence-corrected chi connectivity index (χ1v) is 11.0. The molecule has 0 heterocycles. The molecule has 0 aromatic heterocycles. The molecule has 0 radical (unpaired) electrons. The lowest BCUT2D eigenvalue weighted by atomic mass is 10.2. The van der Waals surface area contributed by atoms with E-state index in [9.17, 15) is 19.2 Å². The van der Waals surface area contributed by atoms with Gasteiger partial charge in [0.25, 0.3) is 0 Å². The number of nitrogens with one attached hydrogen (secondary N) is 2. The van der Waals surface area contributed by atoms with Crippen LogP contribution >= 0.6 is 0 Å². The summed E-state index contributed by atoms with van der Waals surface area (Å²) in [5, 5.41) is 4.89. The SMILES string of the molecule is CCOC(=O)C(=O)Nc1ccc(Oc2ccc(Oc3ccc(NC(=O)C(=O)OCC)cc3)cc2)cc1. The van der Waals surface area contributed by atoms with Gasteiger partial charge in [-0.1, -0.05) is 0 Å². The Morgan fingerprint density at radius 2 is 0.806 bits per heavy atom. The molecular weight excluding hydrogens is 468 g/mol. The number of rotatable bonds is 8. The second kappa shape index (κ2) is 12.6. The van der Waals surface area contributed by atoms with Gasteiger partial charge in [-0.15, -0.1) is 0 Å². The zero-order chi connectivity index (χ0) is 25.9. The fourth-order valence-electron chi connectivity index (χ4n) is 2.82. The number of carbonyl (C=O) groups is 4. The Hall–Kier alpha value is -4.86. The lowest BCUT2D eigenvalue weighted by Crippen LogP contribution is -2.24. The molecule has 0 bridgehead atoms. The van der Waals surface area contributed by atoms with E-state index < -0.39 is 23.8 Å². The van der Waals surface area contributed by atoms with E-state index >= 15 is 0 Å². The van der Waals surface area contributed by atoms with Crippen LogP contribution in [0.25, 0.3) is 0 Å². The number of hydrogen-bond acceptors (Lipinski definition) is 8. The third-order valence-corrected chi connectivity index (χ3v) is 4.44. The molecule has 10 nitrogen and oxygen atoms in total. The van der Waals surface area contributed by atoms with E-state index in [4.69, 9.17) is 9.47 Å². The van der Waals surface area contributed by atoms with Crippen molar-refractivity contribution in [1.82, 2.24) is 0 Å². The van der Waals surface area contributed by atoms with Gasteiger partial charge in [0.1, 0.15) is 23.0 Å². The van der Waals surface area contributed by atoms with Gasteiger partial charge in [-0.25, -0.2) is 9.59 Å². The highest BCUT2D eigenvalue weighted by Crippen LogP contribution is 2.28. The summed E-state index contributed by atoms with van der Waals surface area (Å²) in [7, 11) is 0. The molecule has 3 rings (SSSR count). The zero-order valence-electron chi connectivity index (χ0n) is 19.6. The van der Waals surface area contributed by atoms with Gasteiger partial charge in [0.15, 0.2) is 0 Å². The van der Waals surface area contributed by atoms with Crippen molar-refractivity contribution in [2.24, 2.45) is 0 Å². The van der Waals surface area contributed by atoms with Crippen LogP contribution in [0.5, 0.6) is 23.0 Å². The first-order valence-electron chi connectivity index (χ1n) is 11.0. The summed E-state index contributed by atoms with van der Waals surface area (Å²) in [6.45, 7) is 3.47. The minimum absolute atomic E-state index is 0.118. The van der Waals surface area contributed by atoms with Crippen molar-refractivity contribution in [3.63, 3.8) is 0 Å². The topological polar surface area (TPSA) is 129 Å². The van der Waals surface area contributed by atoms with Crippen LogP contribution in [-0.2, 0) is 28.7 Å². The Morgan fingerprint density at radius 3 is 1.08 bits per heavy atom. The maximum absolute atomic E-state index is 11.7. The number of ether oxygens (including phenoxy) is 4. The quantitative estimate of drug-likeness (QED) is 0.352. The van der Waals surface area contributed by atoms with Crippen LogP contribution in [0.4, 0.5) is 11.4 Å². The lowest BCUT2D eigenvalue weighted by molar-refractivity contribution is -0.152. The van der Waals surface area contributed by atoms with Crippen LogP contribution in [0.2, 0.25) is 0 Å². The van der Waals surface area contributed by atoms with Crippen LogP contribution in [-0.4, -0.2) is 37.0 Å². The zero-order valence-corrected chi connectivity index (χ0v) is 19.6. The van der Waals surface area contributed by atoms with E-state index in [1.54, 1.807) is 86.6 Å². The molecule has 0 spiro atoms. The van der Waals surface area contributed by atoms with Gasteiger partial charge in [0.05, 0.1) is 13.2 Å². The Balaban J connectivity index is 1.52. The summed E-state index contributed by atoms with van der Waals surface area (Å²) in [6.07, 6.45) is 0. The van der Waals surface area contributed by atoms with Crippen LogP contribution in [0.15, 0.2) is 72.8 Å². The van der Waals surface area contributed by atoms with E-state index in [1.165, 1.54) is 0 Å². The second-order valence-electron chi connectivity index (χ2n) is 7.07. The summed E-state index contributed by atoms with van der Waals surface area (Å²) < 4.78 is 20.8. The van der Waals surface area contributed by atoms with Crippen molar-refractivity contribution in [1.29, 1.82) is 0 Å². The molecule has 0 fully saturated rings. The molecule has 3 aromatic carbocycles. The predicted octanol–water partition coefficient (Wildman–Crippen LogP) is 4.27. The van der Waals surface area contributed by atoms with Crippen molar-refractivity contribution in [3.05, 3.63) is 72.8 Å². The van der Waals surface area contributed by atoms with E-state index in [0.717, 1.165) is 0 Å². The molecule has 0 atom stereocenters. The average molecular weight is 492 g/mol. The van der Waals surface area contributed by atoms with Crippen LogP contribution < -0.4 is 20.1 Å². The normalized spacial score (nSPS) is 10.1. The molecule has 0 saturated heterocycles. The number of benzene rings is 3. The third-order valence-electron chi connectivity index (χ3n) is 4.44. The van der Waals surface area contributed by atoms with Gasteiger partial charge in [-0.3, -0.25) is 9.59 Å². The summed E-state index contributed by atoms with van der Waals surface area (Å²) in [5.41, 5.74) is 0.853. The van der Waals surface area contributed by atoms with Gasteiger partial charge < -0.3 is 29.6 Å². The average Bonchev–Trinajstić information content (AvgIpc) is 2.88. The Labute approximate surface area is 207 Å². The molecule has 186 valence electrons. The largest absolute Gasteiger partial charge is 0.459 e. The number of anilines is 2. The number of hydrogen-bond donors (Lipinski definition) is 2. The maximum Gasteiger partial charge on any atom is 0.397 e. The lowest BCUT2D eigenvalue weighted by Gasteiger charge is -2.10. The molecule has 2 N–H and O–H groups in total. The molecule has 10 heteroatoms. The van der Waals surface area contributed by atoms with E-state index in [1.807, 2.05) is 0 Å². The Bertz CT molecular complexity index is 1110. The molecular formula is C26H24N2O8. The molecule has 0 aliphatic heterocycles. The highest BCUT2D eigenvalue weighted by molar-refractivity contribution is 6.37. The monoisotopic (exact) mass is 492 g/mol. The van der Waals surface area contributed by atoms with Crippen LogP contribution in [0, 0.1) is 0 Å². The fraction of sp³-hybridized carbons (Fsp3) is 0.154. The van der Waals surface area contributed by atoms with Crippen molar-refractivity contribution in [2.45, 2.75) is 13.8 Å². The standard InChI is InChI=1S/C26H24N2O8/c1-3-33-25(31)23(29)27-17-5-9-19(10-6-17)35-21-13-15-22(16-14-21)36-20-11-7-18(8-12-20)28-24(30)26(32)34-4-2/h5-16H,3-4H2,1-2H3,(H,27,29)(H,28,30). The molecule has 2 amide bonds. The van der Waals surface area contributed by atoms with Crippen molar-refractivity contribution in [3.8, 4) is 23.0 Å². The first kappa shape index (κ1) is 25.8. The van der Waals surface area contributed by atoms with Crippen molar-refractivity contribution in [2.75, 3.05) is 23.8 Å². The minimum atomic E-state index is -0.947. The molecule has 0 unspecified atom stereocenters. The van der Waals surface area contributed by atoms with Gasteiger partial charge in [0.2, 0.25) is 0 Å². The summed E-state index contributed by atoms with van der Waals surface area (Å²) in [4.78, 5) is 46.2. The second-order valence-corrected chi connectivity index (χ2v) is 7.07. The van der Waals surface area contributed by atoms with Crippen LogP contribution in [0.3, 0.4) is 0 Å². The van der Waals surface area contributed by atoms with E-state index in [2.05, 4.69) is 20.1 Å². The Morgan fingerprint density at radius 1 is 0.528 bits per heavy atom. The fourth-order valence-corrected chi connectivity index (χ4v) is 2.82. The molecule has 0 aliphatic rings. The van der Waals surface area contributed by atoms with Gasteiger partial charge >= 0.3 is 23.8 Å². The summed E-state index contributed by atoms with van der Waals surface area (Å²) in [5.74, 6) is -1.43. The smallest absolute Gasteiger partial charge is 0.397 e. The maximum atomic E-state index is 11.7. The van der Waals surface area contributed by atoms with Gasteiger partial charge in [0, 0.05) is 11.4 Å². The number of amides is 2. The van der Waals surface area contributed by atoms with E-state index in [-0.39, 0.29) is 13.2 Å².